The van der Waals surface area contributed by atoms with Crippen LogP contribution in [0.15, 0.2) is 12.7 Å². The standard InChI is InChI=1S/C17H28O4/c1-6-17(15(19-5)20-7-2)9-11-13-12(21-13)8-10(3)16(11,4)14(17)18/h6,10-15,18H,1,7-9H2,2-5H3. The van der Waals surface area contributed by atoms with Crippen LogP contribution in [-0.4, -0.2) is 43.4 Å². The lowest BCUT2D eigenvalue weighted by Gasteiger charge is -2.45. The second-order valence-electron chi connectivity index (χ2n) is 7.19. The molecule has 8 unspecified atom stereocenters. The molecule has 3 rings (SSSR count). The largest absolute Gasteiger partial charge is 0.391 e. The predicted molar refractivity (Wildman–Crippen MR) is 79.7 cm³/mol. The molecule has 3 aliphatic rings. The second kappa shape index (κ2) is 5.05. The highest BCUT2D eigenvalue weighted by Gasteiger charge is 2.71. The molecule has 8 atom stereocenters. The summed E-state index contributed by atoms with van der Waals surface area (Å²) in [6.07, 6.45) is 3.41. The van der Waals surface area contributed by atoms with E-state index in [0.29, 0.717) is 30.7 Å². The van der Waals surface area contributed by atoms with Gasteiger partial charge in [-0.05, 0) is 31.6 Å². The molecule has 0 aromatic carbocycles. The van der Waals surface area contributed by atoms with E-state index in [1.807, 2.05) is 13.0 Å². The van der Waals surface area contributed by atoms with Crippen LogP contribution in [0.3, 0.4) is 0 Å². The number of ether oxygens (including phenoxy) is 3. The highest BCUT2D eigenvalue weighted by atomic mass is 16.7. The van der Waals surface area contributed by atoms with E-state index in [1.54, 1.807) is 7.11 Å². The number of aliphatic hydroxyl groups is 1. The van der Waals surface area contributed by atoms with Crippen molar-refractivity contribution < 1.29 is 19.3 Å². The fourth-order valence-corrected chi connectivity index (χ4v) is 5.01. The summed E-state index contributed by atoms with van der Waals surface area (Å²) in [6.45, 7) is 10.9. The molecule has 2 saturated carbocycles. The van der Waals surface area contributed by atoms with E-state index in [9.17, 15) is 5.11 Å². The number of aliphatic hydroxyl groups excluding tert-OH is 1. The Labute approximate surface area is 127 Å². The van der Waals surface area contributed by atoms with Crippen molar-refractivity contribution in [2.45, 2.75) is 58.2 Å². The first kappa shape index (κ1) is 15.5. The zero-order valence-electron chi connectivity index (χ0n) is 13.5. The lowest BCUT2D eigenvalue weighted by atomic mass is 9.62. The number of methoxy groups -OCH3 is 1. The van der Waals surface area contributed by atoms with Crippen LogP contribution in [0.5, 0.6) is 0 Å². The molecule has 1 aliphatic heterocycles. The van der Waals surface area contributed by atoms with Crippen molar-refractivity contribution in [1.29, 1.82) is 0 Å². The van der Waals surface area contributed by atoms with Gasteiger partial charge in [0.15, 0.2) is 6.29 Å². The Kier molecular flexibility index (Phi) is 3.72. The Morgan fingerprint density at radius 1 is 1.52 bits per heavy atom. The fraction of sp³-hybridized carbons (Fsp3) is 0.882. The topological polar surface area (TPSA) is 51.2 Å². The average molecular weight is 296 g/mol. The normalized spacial score (nSPS) is 52.9. The summed E-state index contributed by atoms with van der Waals surface area (Å²) >= 11 is 0. The third-order valence-electron chi connectivity index (χ3n) is 6.49. The molecule has 0 aromatic rings. The van der Waals surface area contributed by atoms with Crippen LogP contribution in [0.2, 0.25) is 0 Å². The third kappa shape index (κ3) is 1.89. The van der Waals surface area contributed by atoms with Gasteiger partial charge in [-0.1, -0.05) is 19.9 Å². The monoisotopic (exact) mass is 296 g/mol. The van der Waals surface area contributed by atoms with Crippen LogP contribution in [-0.2, 0) is 14.2 Å². The van der Waals surface area contributed by atoms with Gasteiger partial charge >= 0.3 is 0 Å². The molecular formula is C17H28O4. The van der Waals surface area contributed by atoms with Gasteiger partial charge in [-0.25, -0.2) is 0 Å². The highest BCUT2D eigenvalue weighted by Crippen LogP contribution is 2.66. The van der Waals surface area contributed by atoms with Crippen LogP contribution in [0.1, 0.15) is 33.6 Å². The van der Waals surface area contributed by atoms with Crippen LogP contribution in [0.4, 0.5) is 0 Å². The number of rotatable bonds is 5. The minimum atomic E-state index is -0.556. The third-order valence-corrected chi connectivity index (χ3v) is 6.49. The zero-order valence-corrected chi connectivity index (χ0v) is 13.5. The Morgan fingerprint density at radius 2 is 2.24 bits per heavy atom. The Balaban J connectivity index is 1.98. The van der Waals surface area contributed by atoms with Gasteiger partial charge in [-0.3, -0.25) is 0 Å². The average Bonchev–Trinajstić information content (AvgIpc) is 3.19. The fourth-order valence-electron chi connectivity index (χ4n) is 5.01. The predicted octanol–water partition coefficient (Wildman–Crippen LogP) is 2.36. The van der Waals surface area contributed by atoms with Crippen LogP contribution in [0, 0.1) is 22.7 Å². The smallest absolute Gasteiger partial charge is 0.168 e. The van der Waals surface area contributed by atoms with Crippen molar-refractivity contribution in [3.8, 4) is 0 Å². The van der Waals surface area contributed by atoms with Crippen molar-refractivity contribution in [2.75, 3.05) is 13.7 Å². The maximum absolute atomic E-state index is 11.2. The van der Waals surface area contributed by atoms with Crippen molar-refractivity contribution in [3.05, 3.63) is 12.7 Å². The first-order chi connectivity index (χ1) is 9.95. The summed E-state index contributed by atoms with van der Waals surface area (Å²) in [6, 6.07) is 0. The molecule has 1 heterocycles. The van der Waals surface area contributed by atoms with Crippen LogP contribution in [0.25, 0.3) is 0 Å². The van der Waals surface area contributed by atoms with E-state index >= 15 is 0 Å². The molecule has 120 valence electrons. The Morgan fingerprint density at radius 3 is 2.81 bits per heavy atom. The van der Waals surface area contributed by atoms with E-state index in [0.717, 1.165) is 12.8 Å². The maximum Gasteiger partial charge on any atom is 0.168 e. The Hall–Kier alpha value is -0.420. The van der Waals surface area contributed by atoms with Gasteiger partial charge in [-0.2, -0.15) is 0 Å². The van der Waals surface area contributed by atoms with E-state index in [-0.39, 0.29) is 5.41 Å². The van der Waals surface area contributed by atoms with Gasteiger partial charge in [-0.15, -0.1) is 6.58 Å². The molecule has 0 amide bonds. The van der Waals surface area contributed by atoms with Gasteiger partial charge < -0.3 is 19.3 Å². The van der Waals surface area contributed by atoms with Gasteiger partial charge in [0.1, 0.15) is 0 Å². The highest BCUT2D eigenvalue weighted by molar-refractivity contribution is 5.22. The summed E-state index contributed by atoms with van der Waals surface area (Å²) in [4.78, 5) is 0. The molecule has 2 aliphatic carbocycles. The number of epoxide rings is 1. The van der Waals surface area contributed by atoms with E-state index in [4.69, 9.17) is 14.2 Å². The first-order valence-corrected chi connectivity index (χ1v) is 8.07. The molecule has 0 spiro atoms. The van der Waals surface area contributed by atoms with Gasteiger partial charge in [0.25, 0.3) is 0 Å². The lowest BCUT2D eigenvalue weighted by molar-refractivity contribution is -0.206. The van der Waals surface area contributed by atoms with Crippen LogP contribution < -0.4 is 0 Å². The molecule has 3 fully saturated rings. The van der Waals surface area contributed by atoms with Gasteiger partial charge in [0, 0.05) is 19.1 Å². The molecule has 4 heteroatoms. The molecule has 4 nitrogen and oxygen atoms in total. The molecule has 1 N–H and O–H groups in total. The molecule has 0 radical (unpaired) electrons. The molecule has 0 bridgehead atoms. The van der Waals surface area contributed by atoms with E-state index < -0.39 is 17.8 Å². The SMILES string of the molecule is C=CC1(C(OC)OCC)CC2C3OC3CC(C)C2(C)C1O. The molecule has 21 heavy (non-hydrogen) atoms. The Bertz CT molecular complexity index is 425. The molecule has 1 saturated heterocycles. The minimum absolute atomic E-state index is 0.167. The molecular weight excluding hydrogens is 268 g/mol. The van der Waals surface area contributed by atoms with Crippen molar-refractivity contribution in [3.63, 3.8) is 0 Å². The zero-order chi connectivity index (χ0) is 15.4. The van der Waals surface area contributed by atoms with Crippen molar-refractivity contribution in [2.24, 2.45) is 22.7 Å². The van der Waals surface area contributed by atoms with E-state index in [1.165, 1.54) is 0 Å². The minimum Gasteiger partial charge on any atom is -0.391 e. The van der Waals surface area contributed by atoms with Crippen molar-refractivity contribution in [1.82, 2.24) is 0 Å². The quantitative estimate of drug-likeness (QED) is 0.481. The number of hydrogen-bond acceptors (Lipinski definition) is 4. The number of hydrogen-bond donors (Lipinski definition) is 1. The van der Waals surface area contributed by atoms with Crippen molar-refractivity contribution >= 4 is 0 Å². The summed E-state index contributed by atoms with van der Waals surface area (Å²) < 4.78 is 17.2. The first-order valence-electron chi connectivity index (χ1n) is 8.07. The molecule has 0 aromatic heterocycles. The van der Waals surface area contributed by atoms with Gasteiger partial charge in [0.2, 0.25) is 0 Å². The second-order valence-corrected chi connectivity index (χ2v) is 7.19. The van der Waals surface area contributed by atoms with E-state index in [2.05, 4.69) is 20.4 Å². The van der Waals surface area contributed by atoms with Gasteiger partial charge in [0.05, 0.1) is 23.7 Å². The lowest BCUT2D eigenvalue weighted by Crippen LogP contribution is -2.50. The maximum atomic E-state index is 11.2. The number of fused-ring (bicyclic) bond motifs is 3. The summed E-state index contributed by atoms with van der Waals surface area (Å²) in [5.41, 5.74) is -0.723. The van der Waals surface area contributed by atoms with Crippen LogP contribution >= 0.6 is 0 Å². The summed E-state index contributed by atoms with van der Waals surface area (Å²) in [7, 11) is 1.64. The summed E-state index contributed by atoms with van der Waals surface area (Å²) in [5.74, 6) is 0.763. The summed E-state index contributed by atoms with van der Waals surface area (Å²) in [5, 5.41) is 11.2.